The van der Waals surface area contributed by atoms with E-state index in [2.05, 4.69) is 51.9 Å². The van der Waals surface area contributed by atoms with E-state index < -0.39 is 0 Å². The van der Waals surface area contributed by atoms with E-state index in [1.807, 2.05) is 24.0 Å². The van der Waals surface area contributed by atoms with Crippen LogP contribution in [0.3, 0.4) is 0 Å². The Labute approximate surface area is 132 Å². The molecule has 0 unspecified atom stereocenters. The van der Waals surface area contributed by atoms with Crippen LogP contribution >= 0.6 is 23.1 Å². The second-order valence-corrected chi connectivity index (χ2v) is 6.55. The van der Waals surface area contributed by atoms with Gasteiger partial charge in [-0.3, -0.25) is 0 Å². The fraction of sp³-hybridized carbons (Fsp3) is 0.200. The Morgan fingerprint density at radius 1 is 1.29 bits per heavy atom. The summed E-state index contributed by atoms with van der Waals surface area (Å²) >= 11 is 3.32. The van der Waals surface area contributed by atoms with E-state index in [9.17, 15) is 0 Å². The monoisotopic (exact) mass is 316 g/mol. The summed E-state index contributed by atoms with van der Waals surface area (Å²) in [5.41, 5.74) is 3.40. The van der Waals surface area contributed by atoms with Crippen molar-refractivity contribution >= 4 is 33.9 Å². The predicted molar refractivity (Wildman–Crippen MR) is 89.3 cm³/mol. The smallest absolute Gasteiger partial charge is 0.187 e. The summed E-state index contributed by atoms with van der Waals surface area (Å²) < 4.78 is 2.02. The van der Waals surface area contributed by atoms with Gasteiger partial charge in [-0.2, -0.15) is 0 Å². The van der Waals surface area contributed by atoms with Gasteiger partial charge in [0.05, 0.1) is 5.69 Å². The molecule has 2 heterocycles. The van der Waals surface area contributed by atoms with Gasteiger partial charge in [0, 0.05) is 36.3 Å². The van der Waals surface area contributed by atoms with Crippen molar-refractivity contribution in [2.45, 2.75) is 17.8 Å². The summed E-state index contributed by atoms with van der Waals surface area (Å²) in [5, 5.41) is 7.36. The predicted octanol–water partition coefficient (Wildman–Crippen LogP) is 4.22. The van der Waals surface area contributed by atoms with Gasteiger partial charge in [-0.1, -0.05) is 29.5 Å². The molecule has 108 valence electrons. The molecular weight excluding hydrogens is 300 g/mol. The van der Waals surface area contributed by atoms with Crippen molar-refractivity contribution < 1.29 is 0 Å². The summed E-state index contributed by atoms with van der Waals surface area (Å²) in [6, 6.07) is 8.32. The van der Waals surface area contributed by atoms with Crippen LogP contribution in [0.15, 0.2) is 47.2 Å². The van der Waals surface area contributed by atoms with E-state index in [1.54, 1.807) is 23.1 Å². The largest absolute Gasteiger partial charge is 0.332 e. The fourth-order valence-corrected chi connectivity index (χ4v) is 3.48. The lowest BCUT2D eigenvalue weighted by atomic mass is 10.2. The minimum absolute atomic E-state index is 0.830. The highest BCUT2D eigenvalue weighted by molar-refractivity contribution is 7.98. The van der Waals surface area contributed by atoms with Crippen molar-refractivity contribution in [3.8, 4) is 0 Å². The Kier molecular flexibility index (Phi) is 4.26. The Morgan fingerprint density at radius 3 is 2.81 bits per heavy atom. The first-order valence-electron chi connectivity index (χ1n) is 6.59. The number of imidazole rings is 1. The molecule has 0 saturated heterocycles. The molecule has 4 nitrogen and oxygen atoms in total. The molecule has 21 heavy (non-hydrogen) atoms. The molecule has 3 aromatic rings. The molecule has 0 spiro atoms. The van der Waals surface area contributed by atoms with Crippen LogP contribution in [0.25, 0.3) is 0 Å². The van der Waals surface area contributed by atoms with E-state index >= 15 is 0 Å². The van der Waals surface area contributed by atoms with Crippen LogP contribution in [0.5, 0.6) is 0 Å². The molecule has 0 amide bonds. The van der Waals surface area contributed by atoms with Crippen molar-refractivity contribution in [1.29, 1.82) is 0 Å². The van der Waals surface area contributed by atoms with Crippen LogP contribution in [0.2, 0.25) is 0 Å². The second kappa shape index (κ2) is 6.32. The summed E-state index contributed by atoms with van der Waals surface area (Å²) in [6.07, 6.45) is 3.77. The van der Waals surface area contributed by atoms with Gasteiger partial charge in [0.2, 0.25) is 0 Å². The zero-order valence-corrected chi connectivity index (χ0v) is 13.5. The third-order valence-corrected chi connectivity index (χ3v) is 4.88. The molecule has 0 aliphatic heterocycles. The zero-order valence-electron chi connectivity index (χ0n) is 11.9. The summed E-state index contributed by atoms with van der Waals surface area (Å²) in [5.74, 6) is 0.830. The van der Waals surface area contributed by atoms with Crippen molar-refractivity contribution in [3.63, 3.8) is 0 Å². The lowest BCUT2D eigenvalue weighted by Gasteiger charge is -2.02. The molecular formula is C15H16N4S2. The first kappa shape index (κ1) is 14.2. The number of hydrogen-bond donors (Lipinski definition) is 1. The molecule has 3 rings (SSSR count). The molecule has 0 aliphatic rings. The van der Waals surface area contributed by atoms with E-state index in [0.29, 0.717) is 0 Å². The highest BCUT2D eigenvalue weighted by Crippen LogP contribution is 2.25. The number of nitrogens with one attached hydrogen (secondary N) is 1. The van der Waals surface area contributed by atoms with E-state index in [1.165, 1.54) is 5.56 Å². The zero-order chi connectivity index (χ0) is 14.7. The van der Waals surface area contributed by atoms with Gasteiger partial charge >= 0.3 is 0 Å². The van der Waals surface area contributed by atoms with Gasteiger partial charge in [0.15, 0.2) is 10.3 Å². The minimum atomic E-state index is 0.830. The number of anilines is 2. The number of thiazole rings is 1. The molecule has 1 aromatic carbocycles. The maximum atomic E-state index is 4.61. The van der Waals surface area contributed by atoms with Crippen molar-refractivity contribution in [2.24, 2.45) is 7.05 Å². The number of rotatable bonds is 5. The van der Waals surface area contributed by atoms with Gasteiger partial charge in [-0.15, -0.1) is 11.3 Å². The molecule has 0 atom stereocenters. The lowest BCUT2D eigenvalue weighted by molar-refractivity contribution is 0.789. The lowest BCUT2D eigenvalue weighted by Crippen LogP contribution is -1.92. The van der Waals surface area contributed by atoms with Gasteiger partial charge in [0.1, 0.15) is 0 Å². The number of thioether (sulfide) groups is 1. The number of nitrogens with zero attached hydrogens (tertiary/aromatic N) is 3. The average Bonchev–Trinajstić information content (AvgIpc) is 3.08. The first-order chi connectivity index (χ1) is 10.2. The Bertz CT molecular complexity index is 715. The molecule has 6 heteroatoms. The van der Waals surface area contributed by atoms with Gasteiger partial charge in [-0.05, 0) is 19.1 Å². The number of hydrogen-bond acceptors (Lipinski definition) is 5. The highest BCUT2D eigenvalue weighted by Gasteiger charge is 2.05. The summed E-state index contributed by atoms with van der Waals surface area (Å²) in [7, 11) is 2.00. The second-order valence-electron chi connectivity index (χ2n) is 4.74. The molecule has 0 saturated carbocycles. The van der Waals surface area contributed by atoms with E-state index in [-0.39, 0.29) is 0 Å². The molecule has 0 bridgehead atoms. The molecule has 0 aliphatic carbocycles. The quantitative estimate of drug-likeness (QED) is 0.716. The summed E-state index contributed by atoms with van der Waals surface area (Å²) in [4.78, 5) is 8.91. The van der Waals surface area contributed by atoms with Crippen LogP contribution in [0.1, 0.15) is 11.3 Å². The average molecular weight is 316 g/mol. The minimum Gasteiger partial charge on any atom is -0.332 e. The van der Waals surface area contributed by atoms with E-state index in [0.717, 1.165) is 27.4 Å². The SMILES string of the molecule is Cc1ccc(Nc2nc(CSc3nccn3C)cs2)cc1. The van der Waals surface area contributed by atoms with Crippen LogP contribution in [0, 0.1) is 6.92 Å². The van der Waals surface area contributed by atoms with Crippen LogP contribution in [0.4, 0.5) is 10.8 Å². The molecule has 1 N–H and O–H groups in total. The fourth-order valence-electron chi connectivity index (χ4n) is 1.82. The van der Waals surface area contributed by atoms with Gasteiger partial charge in [0.25, 0.3) is 0 Å². The van der Waals surface area contributed by atoms with Crippen LogP contribution in [-0.4, -0.2) is 14.5 Å². The first-order valence-corrected chi connectivity index (χ1v) is 8.45. The maximum absolute atomic E-state index is 4.61. The van der Waals surface area contributed by atoms with Gasteiger partial charge in [-0.25, -0.2) is 9.97 Å². The van der Waals surface area contributed by atoms with Crippen molar-refractivity contribution in [1.82, 2.24) is 14.5 Å². The van der Waals surface area contributed by atoms with Crippen molar-refractivity contribution in [3.05, 3.63) is 53.3 Å². The normalized spacial score (nSPS) is 10.8. The Hall–Kier alpha value is -1.79. The number of aryl methyl sites for hydroxylation is 2. The molecule has 0 radical (unpaired) electrons. The van der Waals surface area contributed by atoms with Gasteiger partial charge < -0.3 is 9.88 Å². The molecule has 0 fully saturated rings. The van der Waals surface area contributed by atoms with Crippen LogP contribution < -0.4 is 5.32 Å². The van der Waals surface area contributed by atoms with Crippen molar-refractivity contribution in [2.75, 3.05) is 5.32 Å². The Morgan fingerprint density at radius 2 is 2.10 bits per heavy atom. The highest BCUT2D eigenvalue weighted by atomic mass is 32.2. The van der Waals surface area contributed by atoms with E-state index in [4.69, 9.17) is 0 Å². The Balaban J connectivity index is 1.61. The third-order valence-electron chi connectivity index (χ3n) is 2.98. The van der Waals surface area contributed by atoms with Crippen LogP contribution in [-0.2, 0) is 12.8 Å². The number of aromatic nitrogens is 3. The third kappa shape index (κ3) is 3.65. The number of benzene rings is 1. The topological polar surface area (TPSA) is 42.7 Å². The molecule has 2 aromatic heterocycles. The summed E-state index contributed by atoms with van der Waals surface area (Å²) in [6.45, 7) is 2.08. The maximum Gasteiger partial charge on any atom is 0.187 e. The standard InChI is InChI=1S/C15H16N4S2/c1-11-3-5-12(6-4-11)17-14-18-13(9-20-14)10-21-15-16-7-8-19(15)2/h3-9H,10H2,1-2H3,(H,17,18).